The van der Waals surface area contributed by atoms with Gasteiger partial charge in [0.2, 0.25) is 0 Å². The first kappa shape index (κ1) is 19.0. The molecule has 0 fully saturated rings. The minimum atomic E-state index is -0.722. The van der Waals surface area contributed by atoms with E-state index in [1.807, 2.05) is 36.4 Å². The molecule has 0 aliphatic carbocycles. The highest BCUT2D eigenvalue weighted by atomic mass is 16.5. The molecule has 7 heteroatoms. The highest BCUT2D eigenvalue weighted by Gasteiger charge is 2.22. The molecule has 4 aromatic rings. The van der Waals surface area contributed by atoms with Gasteiger partial charge in [0, 0.05) is 23.5 Å². The Morgan fingerprint density at radius 3 is 2.53 bits per heavy atom. The van der Waals surface area contributed by atoms with Crippen LogP contribution >= 0.6 is 0 Å². The number of carbonyl (C=O) groups is 1. The maximum absolute atomic E-state index is 12.7. The second-order valence-electron chi connectivity index (χ2n) is 6.67. The maximum Gasteiger partial charge on any atom is 0.270 e. The van der Waals surface area contributed by atoms with Crippen molar-refractivity contribution in [3.05, 3.63) is 71.9 Å². The van der Waals surface area contributed by atoms with Gasteiger partial charge in [0.15, 0.2) is 11.3 Å². The lowest BCUT2D eigenvalue weighted by atomic mass is 10.0. The summed E-state index contributed by atoms with van der Waals surface area (Å²) >= 11 is 0. The van der Waals surface area contributed by atoms with Gasteiger partial charge in [0.25, 0.3) is 5.91 Å². The topological polar surface area (TPSA) is 100 Å². The number of nitriles is 1. The van der Waals surface area contributed by atoms with Crippen molar-refractivity contribution in [2.75, 3.05) is 12.4 Å². The molecule has 2 N–H and O–H groups in total. The molecule has 0 atom stereocenters. The molecule has 1 aromatic heterocycles. The first-order valence-corrected chi connectivity index (χ1v) is 9.17. The van der Waals surface area contributed by atoms with Crippen LogP contribution in [-0.4, -0.2) is 27.9 Å². The molecular formula is C23H18N4O3. The van der Waals surface area contributed by atoms with E-state index in [2.05, 4.69) is 10.4 Å². The Labute approximate surface area is 172 Å². The van der Waals surface area contributed by atoms with Gasteiger partial charge >= 0.3 is 0 Å². The summed E-state index contributed by atoms with van der Waals surface area (Å²) in [5, 5.41) is 30.0. The van der Waals surface area contributed by atoms with Gasteiger partial charge in [-0.05, 0) is 35.7 Å². The molecule has 3 aromatic carbocycles. The second-order valence-corrected chi connectivity index (χ2v) is 6.67. The SMILES string of the molecule is COc1ccc(NC(=O)/C(C#N)=C(\O)c2nn(C)c3c2ccc2ccccc23)cc1. The molecule has 4 rings (SSSR count). The summed E-state index contributed by atoms with van der Waals surface area (Å²) in [6, 6.07) is 20.0. The number of aliphatic hydroxyl groups is 1. The largest absolute Gasteiger partial charge is 0.504 e. The van der Waals surface area contributed by atoms with E-state index in [4.69, 9.17) is 4.74 Å². The van der Waals surface area contributed by atoms with Crippen molar-refractivity contribution >= 4 is 39.0 Å². The van der Waals surface area contributed by atoms with Crippen molar-refractivity contribution < 1.29 is 14.6 Å². The van der Waals surface area contributed by atoms with Crippen molar-refractivity contribution in [2.45, 2.75) is 0 Å². The number of hydrogen-bond donors (Lipinski definition) is 2. The van der Waals surface area contributed by atoms with Gasteiger partial charge < -0.3 is 15.2 Å². The lowest BCUT2D eigenvalue weighted by molar-refractivity contribution is -0.112. The molecule has 30 heavy (non-hydrogen) atoms. The Morgan fingerprint density at radius 2 is 1.83 bits per heavy atom. The van der Waals surface area contributed by atoms with Crippen LogP contribution in [0.25, 0.3) is 27.4 Å². The number of nitrogens with one attached hydrogen (secondary N) is 1. The number of fused-ring (bicyclic) bond motifs is 3. The zero-order valence-corrected chi connectivity index (χ0v) is 16.4. The number of rotatable bonds is 4. The van der Waals surface area contributed by atoms with E-state index >= 15 is 0 Å². The van der Waals surface area contributed by atoms with Crippen molar-refractivity contribution in [1.82, 2.24) is 9.78 Å². The standard InChI is InChI=1S/C23H18N4O3/c1-27-21-17-6-4-3-5-14(17)7-12-18(21)20(26-27)22(28)19(13-24)23(29)25-15-8-10-16(30-2)11-9-15/h3-12,28H,1-2H3,(H,25,29)/b22-19-. The van der Waals surface area contributed by atoms with E-state index in [1.54, 1.807) is 49.2 Å². The van der Waals surface area contributed by atoms with Crippen LogP contribution < -0.4 is 10.1 Å². The van der Waals surface area contributed by atoms with Crippen molar-refractivity contribution in [3.63, 3.8) is 0 Å². The fourth-order valence-electron chi connectivity index (χ4n) is 3.42. The number of anilines is 1. The van der Waals surface area contributed by atoms with E-state index < -0.39 is 17.2 Å². The highest BCUT2D eigenvalue weighted by molar-refractivity contribution is 6.14. The van der Waals surface area contributed by atoms with Crippen LogP contribution in [-0.2, 0) is 11.8 Å². The van der Waals surface area contributed by atoms with Crippen LogP contribution in [0.2, 0.25) is 0 Å². The van der Waals surface area contributed by atoms with Gasteiger partial charge in [-0.2, -0.15) is 10.4 Å². The van der Waals surface area contributed by atoms with Gasteiger partial charge in [0.05, 0.1) is 12.6 Å². The Hall–Kier alpha value is -4.31. The summed E-state index contributed by atoms with van der Waals surface area (Å²) < 4.78 is 6.73. The molecule has 0 saturated carbocycles. The summed E-state index contributed by atoms with van der Waals surface area (Å²) in [6.07, 6.45) is 0. The van der Waals surface area contributed by atoms with Crippen LogP contribution in [0.4, 0.5) is 5.69 Å². The first-order valence-electron chi connectivity index (χ1n) is 9.17. The number of aliphatic hydroxyl groups excluding tert-OH is 1. The van der Waals surface area contributed by atoms with E-state index in [-0.39, 0.29) is 5.69 Å². The van der Waals surface area contributed by atoms with Crippen LogP contribution in [0, 0.1) is 11.3 Å². The number of nitrogens with zero attached hydrogens (tertiary/aromatic N) is 3. The molecule has 0 bridgehead atoms. The number of benzene rings is 3. The molecule has 0 radical (unpaired) electrons. The first-order chi connectivity index (χ1) is 14.5. The summed E-state index contributed by atoms with van der Waals surface area (Å²) in [5.41, 5.74) is 1.04. The number of carbonyl (C=O) groups excluding carboxylic acids is 1. The summed E-state index contributed by atoms with van der Waals surface area (Å²) in [4.78, 5) is 12.7. The third-order valence-corrected chi connectivity index (χ3v) is 4.88. The number of hydrogen-bond acceptors (Lipinski definition) is 5. The van der Waals surface area contributed by atoms with Crippen molar-refractivity contribution in [3.8, 4) is 11.8 Å². The molecule has 1 amide bonds. The molecule has 0 aliphatic heterocycles. The third-order valence-electron chi connectivity index (χ3n) is 4.88. The van der Waals surface area contributed by atoms with Crippen molar-refractivity contribution in [1.29, 1.82) is 5.26 Å². The van der Waals surface area contributed by atoms with E-state index in [0.29, 0.717) is 16.8 Å². The summed E-state index contributed by atoms with van der Waals surface area (Å²) in [7, 11) is 3.30. The Kier molecular flexibility index (Phi) is 4.82. The van der Waals surface area contributed by atoms with E-state index in [0.717, 1.165) is 16.3 Å². The summed E-state index contributed by atoms with van der Waals surface area (Å²) in [6.45, 7) is 0. The zero-order chi connectivity index (χ0) is 21.3. The monoisotopic (exact) mass is 398 g/mol. The number of aryl methyl sites for hydroxylation is 1. The van der Waals surface area contributed by atoms with Crippen LogP contribution in [0.5, 0.6) is 5.75 Å². The van der Waals surface area contributed by atoms with E-state index in [1.165, 1.54) is 0 Å². The van der Waals surface area contributed by atoms with Gasteiger partial charge in [-0.15, -0.1) is 0 Å². The van der Waals surface area contributed by atoms with Crippen LogP contribution in [0.15, 0.2) is 66.2 Å². The maximum atomic E-state index is 12.7. The van der Waals surface area contributed by atoms with Gasteiger partial charge in [-0.3, -0.25) is 9.48 Å². The Balaban J connectivity index is 1.77. The smallest absolute Gasteiger partial charge is 0.270 e. The van der Waals surface area contributed by atoms with Crippen LogP contribution in [0.3, 0.4) is 0 Å². The highest BCUT2D eigenvalue weighted by Crippen LogP contribution is 2.31. The second kappa shape index (κ2) is 7.60. The number of methoxy groups -OCH3 is 1. The number of aromatic nitrogens is 2. The molecule has 0 spiro atoms. The predicted octanol–water partition coefficient (Wildman–Crippen LogP) is 4.17. The lowest BCUT2D eigenvalue weighted by Crippen LogP contribution is -2.15. The minimum Gasteiger partial charge on any atom is -0.504 e. The fourth-order valence-corrected chi connectivity index (χ4v) is 3.42. The molecule has 0 aliphatic rings. The minimum absolute atomic E-state index is 0.180. The van der Waals surface area contributed by atoms with Gasteiger partial charge in [0.1, 0.15) is 17.5 Å². The quantitative estimate of drug-likeness (QED) is 0.305. The zero-order valence-electron chi connectivity index (χ0n) is 16.4. The normalized spacial score (nSPS) is 11.8. The average Bonchev–Trinajstić information content (AvgIpc) is 3.11. The third kappa shape index (κ3) is 3.20. The molecule has 148 valence electrons. The van der Waals surface area contributed by atoms with Gasteiger partial charge in [-0.25, -0.2) is 0 Å². The molecule has 1 heterocycles. The number of ether oxygens (including phenoxy) is 1. The molecular weight excluding hydrogens is 380 g/mol. The Bertz CT molecular complexity index is 1340. The number of amides is 1. The summed E-state index contributed by atoms with van der Waals surface area (Å²) in [5.74, 6) is -0.553. The fraction of sp³-hybridized carbons (Fsp3) is 0.0870. The Morgan fingerprint density at radius 1 is 1.10 bits per heavy atom. The molecule has 7 nitrogen and oxygen atoms in total. The van der Waals surface area contributed by atoms with E-state index in [9.17, 15) is 15.2 Å². The van der Waals surface area contributed by atoms with Crippen molar-refractivity contribution in [2.24, 2.45) is 7.05 Å². The average molecular weight is 398 g/mol. The predicted molar refractivity (Wildman–Crippen MR) is 115 cm³/mol. The van der Waals surface area contributed by atoms with Crippen LogP contribution in [0.1, 0.15) is 5.69 Å². The van der Waals surface area contributed by atoms with Gasteiger partial charge in [-0.1, -0.05) is 30.3 Å². The molecule has 0 unspecified atom stereocenters. The lowest BCUT2D eigenvalue weighted by Gasteiger charge is -2.07. The molecule has 0 saturated heterocycles.